The summed E-state index contributed by atoms with van der Waals surface area (Å²) in [7, 11) is -3.79. The Balaban J connectivity index is 1.83. The maximum absolute atomic E-state index is 13.4. The smallest absolute Gasteiger partial charge is 0.236 e. The Labute approximate surface area is 172 Å². The third kappa shape index (κ3) is 3.94. The molecule has 1 aliphatic rings. The van der Waals surface area contributed by atoms with E-state index < -0.39 is 9.84 Å². The first-order valence-electron chi connectivity index (χ1n) is 9.99. The van der Waals surface area contributed by atoms with Crippen LogP contribution in [-0.2, 0) is 9.84 Å². The zero-order chi connectivity index (χ0) is 20.6. The van der Waals surface area contributed by atoms with Crippen molar-refractivity contribution >= 4 is 15.7 Å². The number of aryl methyl sites for hydroxylation is 2. The van der Waals surface area contributed by atoms with Crippen molar-refractivity contribution in [2.45, 2.75) is 43.5 Å². The maximum Gasteiger partial charge on any atom is 0.236 e. The highest BCUT2D eigenvalue weighted by Crippen LogP contribution is 2.36. The van der Waals surface area contributed by atoms with E-state index in [0.717, 1.165) is 42.6 Å². The Morgan fingerprint density at radius 1 is 1.00 bits per heavy atom. The van der Waals surface area contributed by atoms with Crippen LogP contribution in [0.25, 0.3) is 11.5 Å². The van der Waals surface area contributed by atoms with Crippen molar-refractivity contribution in [3.63, 3.8) is 0 Å². The zero-order valence-electron chi connectivity index (χ0n) is 17.1. The fourth-order valence-corrected chi connectivity index (χ4v) is 4.94. The maximum atomic E-state index is 13.4. The van der Waals surface area contributed by atoms with E-state index in [1.807, 2.05) is 43.0 Å². The lowest BCUT2D eigenvalue weighted by atomic mass is 9.99. The van der Waals surface area contributed by atoms with E-state index in [-0.39, 0.29) is 9.92 Å². The highest BCUT2D eigenvalue weighted by molar-refractivity contribution is 7.91. The molecular formula is C23H26N2O3S. The molecule has 1 saturated heterocycles. The van der Waals surface area contributed by atoms with Crippen LogP contribution in [0.1, 0.15) is 30.9 Å². The number of oxazole rings is 1. The molecule has 0 N–H and O–H groups in total. The average molecular weight is 411 g/mol. The van der Waals surface area contributed by atoms with Crippen molar-refractivity contribution in [1.82, 2.24) is 4.98 Å². The van der Waals surface area contributed by atoms with Gasteiger partial charge in [0.25, 0.3) is 0 Å². The summed E-state index contributed by atoms with van der Waals surface area (Å²) in [6, 6.07) is 14.6. The van der Waals surface area contributed by atoms with Gasteiger partial charge in [0, 0.05) is 18.7 Å². The molecule has 0 radical (unpaired) electrons. The monoisotopic (exact) mass is 410 g/mol. The molecule has 0 amide bonds. The van der Waals surface area contributed by atoms with E-state index >= 15 is 0 Å². The van der Waals surface area contributed by atoms with Crippen LogP contribution in [0.15, 0.2) is 62.9 Å². The van der Waals surface area contributed by atoms with Gasteiger partial charge in [-0.05, 0) is 56.9 Å². The normalized spacial score (nSPS) is 15.6. The molecule has 3 aromatic rings. The van der Waals surface area contributed by atoms with Gasteiger partial charge in [-0.2, -0.15) is 4.98 Å². The van der Waals surface area contributed by atoms with Crippen molar-refractivity contribution in [3.05, 3.63) is 59.7 Å². The lowest BCUT2D eigenvalue weighted by Gasteiger charge is -2.30. The topological polar surface area (TPSA) is 63.4 Å². The van der Waals surface area contributed by atoms with Gasteiger partial charge < -0.3 is 9.32 Å². The molecule has 6 heteroatoms. The second-order valence-electron chi connectivity index (χ2n) is 7.98. The quantitative estimate of drug-likeness (QED) is 0.604. The molecule has 0 bridgehead atoms. The molecule has 4 rings (SSSR count). The van der Waals surface area contributed by atoms with Crippen LogP contribution < -0.4 is 4.90 Å². The Morgan fingerprint density at radius 2 is 1.69 bits per heavy atom. The van der Waals surface area contributed by atoms with E-state index in [1.54, 1.807) is 24.3 Å². The van der Waals surface area contributed by atoms with Gasteiger partial charge in [0.15, 0.2) is 0 Å². The number of nitrogens with zero attached hydrogens (tertiary/aromatic N) is 2. The fraction of sp³-hybridized carbons (Fsp3) is 0.348. The van der Waals surface area contributed by atoms with Gasteiger partial charge in [-0.15, -0.1) is 0 Å². The first kappa shape index (κ1) is 19.7. The first-order chi connectivity index (χ1) is 13.8. The molecule has 29 heavy (non-hydrogen) atoms. The number of hydrogen-bond donors (Lipinski definition) is 0. The molecule has 2 aromatic carbocycles. The number of sulfone groups is 1. The standard InChI is InChI=1S/C23H26N2O3S/c1-16-7-9-20(10-8-16)29(26,27)22-23(25-13-11-17(2)12-14-25)28-21(24-22)19-6-4-5-18(3)15-19/h4-10,15,17H,11-14H2,1-3H3. The molecule has 0 spiro atoms. The second-order valence-corrected chi connectivity index (χ2v) is 9.85. The molecule has 0 atom stereocenters. The summed E-state index contributed by atoms with van der Waals surface area (Å²) in [5.41, 5.74) is 2.86. The van der Waals surface area contributed by atoms with Gasteiger partial charge >= 0.3 is 0 Å². The molecule has 5 nitrogen and oxygen atoms in total. The predicted octanol–water partition coefficient (Wildman–Crippen LogP) is 5.03. The van der Waals surface area contributed by atoms with Gasteiger partial charge in [-0.25, -0.2) is 8.42 Å². The summed E-state index contributed by atoms with van der Waals surface area (Å²) >= 11 is 0. The average Bonchev–Trinajstić information content (AvgIpc) is 3.15. The van der Waals surface area contributed by atoms with Gasteiger partial charge in [0.2, 0.25) is 26.6 Å². The summed E-state index contributed by atoms with van der Waals surface area (Å²) in [5.74, 6) is 1.32. The summed E-state index contributed by atoms with van der Waals surface area (Å²) in [6.45, 7) is 7.67. The number of hydrogen-bond acceptors (Lipinski definition) is 5. The summed E-state index contributed by atoms with van der Waals surface area (Å²) < 4.78 is 33.0. The molecular weight excluding hydrogens is 384 g/mol. The van der Waals surface area contributed by atoms with E-state index in [2.05, 4.69) is 11.9 Å². The molecule has 0 unspecified atom stereocenters. The van der Waals surface area contributed by atoms with Crippen molar-refractivity contribution in [2.24, 2.45) is 5.92 Å². The minimum absolute atomic E-state index is 0.00686. The lowest BCUT2D eigenvalue weighted by molar-refractivity contribution is 0.415. The van der Waals surface area contributed by atoms with Gasteiger partial charge in [0.05, 0.1) is 4.90 Å². The number of piperidine rings is 1. The second kappa shape index (κ2) is 7.67. The third-order valence-corrected chi connectivity index (χ3v) is 7.17. The van der Waals surface area contributed by atoms with Crippen LogP contribution in [-0.4, -0.2) is 26.5 Å². The van der Waals surface area contributed by atoms with Crippen LogP contribution >= 0.6 is 0 Å². The molecule has 0 aliphatic carbocycles. The Kier molecular flexibility index (Phi) is 5.21. The minimum Gasteiger partial charge on any atom is -0.419 e. The Morgan fingerprint density at radius 3 is 2.34 bits per heavy atom. The third-order valence-electron chi connectivity index (χ3n) is 5.50. The summed E-state index contributed by atoms with van der Waals surface area (Å²) in [4.78, 5) is 6.75. The van der Waals surface area contributed by atoms with E-state index in [1.165, 1.54) is 0 Å². The SMILES string of the molecule is Cc1ccc(S(=O)(=O)c2nc(-c3cccc(C)c3)oc2N2CCC(C)CC2)cc1. The lowest BCUT2D eigenvalue weighted by Crippen LogP contribution is -2.33. The Hall–Kier alpha value is -2.60. The van der Waals surface area contributed by atoms with E-state index in [0.29, 0.717) is 17.7 Å². The van der Waals surface area contributed by atoms with Crippen molar-refractivity contribution in [1.29, 1.82) is 0 Å². The number of benzene rings is 2. The van der Waals surface area contributed by atoms with Crippen LogP contribution in [0.2, 0.25) is 0 Å². The minimum atomic E-state index is -3.79. The van der Waals surface area contributed by atoms with Crippen LogP contribution in [0.5, 0.6) is 0 Å². The molecule has 0 saturated carbocycles. The highest BCUT2D eigenvalue weighted by atomic mass is 32.2. The molecule has 152 valence electrons. The van der Waals surface area contributed by atoms with Gasteiger partial charge in [0.1, 0.15) is 0 Å². The highest BCUT2D eigenvalue weighted by Gasteiger charge is 2.32. The predicted molar refractivity (Wildman–Crippen MR) is 114 cm³/mol. The van der Waals surface area contributed by atoms with Gasteiger partial charge in [-0.3, -0.25) is 0 Å². The molecule has 1 fully saturated rings. The summed E-state index contributed by atoms with van der Waals surface area (Å²) in [5, 5.41) is 0.00686. The van der Waals surface area contributed by atoms with Crippen molar-refractivity contribution in [3.8, 4) is 11.5 Å². The van der Waals surface area contributed by atoms with Crippen LogP contribution in [0, 0.1) is 19.8 Å². The molecule has 1 aliphatic heterocycles. The van der Waals surface area contributed by atoms with Crippen LogP contribution in [0.3, 0.4) is 0 Å². The van der Waals surface area contributed by atoms with Gasteiger partial charge in [-0.1, -0.05) is 42.3 Å². The first-order valence-corrected chi connectivity index (χ1v) is 11.5. The fourth-order valence-electron chi connectivity index (χ4n) is 3.62. The number of rotatable bonds is 4. The number of anilines is 1. The van der Waals surface area contributed by atoms with E-state index in [9.17, 15) is 8.42 Å². The van der Waals surface area contributed by atoms with Crippen molar-refractivity contribution < 1.29 is 12.8 Å². The Bertz CT molecular complexity index is 1110. The van der Waals surface area contributed by atoms with E-state index in [4.69, 9.17) is 4.42 Å². The number of aromatic nitrogens is 1. The van der Waals surface area contributed by atoms with Crippen molar-refractivity contribution in [2.75, 3.05) is 18.0 Å². The zero-order valence-corrected chi connectivity index (χ0v) is 17.9. The molecule has 1 aromatic heterocycles. The van der Waals surface area contributed by atoms with Crippen LogP contribution in [0.4, 0.5) is 5.88 Å². The summed E-state index contributed by atoms with van der Waals surface area (Å²) in [6.07, 6.45) is 2.01. The molecule has 2 heterocycles. The largest absolute Gasteiger partial charge is 0.419 e.